The summed E-state index contributed by atoms with van der Waals surface area (Å²) in [6, 6.07) is 8.24. The van der Waals surface area contributed by atoms with Gasteiger partial charge in [0.1, 0.15) is 5.03 Å². The highest BCUT2D eigenvalue weighted by atomic mass is 32.2. The Bertz CT molecular complexity index is 407. The van der Waals surface area contributed by atoms with Crippen LogP contribution in [0, 0.1) is 0 Å². The molecule has 2 aromatic rings. The molecule has 0 aliphatic carbocycles. The summed E-state index contributed by atoms with van der Waals surface area (Å²) in [5, 5.41) is 3.08. The normalized spacial score (nSPS) is 12.7. The summed E-state index contributed by atoms with van der Waals surface area (Å²) < 4.78 is 1.26. The zero-order chi connectivity index (χ0) is 10.7. The quantitative estimate of drug-likeness (QED) is 0.888. The Labute approximate surface area is 97.5 Å². The summed E-state index contributed by atoms with van der Waals surface area (Å²) in [5.41, 5.74) is 6.83. The molecular weight excluding hydrogens is 224 g/mol. The molecule has 0 spiro atoms. The number of pyridine rings is 1. The molecule has 0 aliphatic rings. The van der Waals surface area contributed by atoms with Crippen molar-refractivity contribution in [2.75, 3.05) is 0 Å². The van der Waals surface area contributed by atoms with Gasteiger partial charge in [-0.25, -0.2) is 4.98 Å². The van der Waals surface area contributed by atoms with E-state index in [0.717, 1.165) is 10.6 Å². The molecule has 0 fully saturated rings. The standard InChI is InChI=1S/C11H12N2S2/c1-8(12)9-4-5-10(13-7-9)15-11-3-2-6-14-11/h2-8H,12H2,1H3/t8-/m0/s1. The van der Waals surface area contributed by atoms with Crippen LogP contribution in [0.15, 0.2) is 45.1 Å². The Morgan fingerprint density at radius 2 is 2.27 bits per heavy atom. The van der Waals surface area contributed by atoms with Crippen LogP contribution in [0.4, 0.5) is 0 Å². The monoisotopic (exact) mass is 236 g/mol. The fraction of sp³-hybridized carbons (Fsp3) is 0.182. The van der Waals surface area contributed by atoms with E-state index in [0.29, 0.717) is 0 Å². The highest BCUT2D eigenvalue weighted by molar-refractivity contribution is 8.01. The molecule has 0 aliphatic heterocycles. The van der Waals surface area contributed by atoms with E-state index in [9.17, 15) is 0 Å². The van der Waals surface area contributed by atoms with E-state index in [1.165, 1.54) is 4.21 Å². The third-order valence-corrected chi connectivity index (χ3v) is 3.97. The molecule has 0 saturated heterocycles. The average molecular weight is 236 g/mol. The molecule has 0 bridgehead atoms. The minimum Gasteiger partial charge on any atom is -0.324 e. The number of nitrogens with two attached hydrogens (primary N) is 1. The lowest BCUT2D eigenvalue weighted by Gasteiger charge is -2.04. The van der Waals surface area contributed by atoms with Crippen molar-refractivity contribution in [2.24, 2.45) is 5.73 Å². The Hall–Kier alpha value is -0.840. The second-order valence-electron chi connectivity index (χ2n) is 3.25. The van der Waals surface area contributed by atoms with E-state index in [2.05, 4.69) is 16.4 Å². The van der Waals surface area contributed by atoms with E-state index < -0.39 is 0 Å². The SMILES string of the molecule is C[C@H](N)c1ccc(Sc2cccs2)nc1. The zero-order valence-electron chi connectivity index (χ0n) is 8.38. The van der Waals surface area contributed by atoms with Crippen molar-refractivity contribution in [3.8, 4) is 0 Å². The van der Waals surface area contributed by atoms with Crippen molar-refractivity contribution in [1.82, 2.24) is 4.98 Å². The number of rotatable bonds is 3. The summed E-state index contributed by atoms with van der Waals surface area (Å²) in [4.78, 5) is 4.36. The lowest BCUT2D eigenvalue weighted by molar-refractivity contribution is 0.806. The first-order chi connectivity index (χ1) is 7.25. The second-order valence-corrected chi connectivity index (χ2v) is 5.52. The maximum absolute atomic E-state index is 5.76. The van der Waals surface area contributed by atoms with Crippen molar-refractivity contribution in [3.05, 3.63) is 41.4 Å². The van der Waals surface area contributed by atoms with E-state index in [4.69, 9.17) is 5.73 Å². The summed E-state index contributed by atoms with van der Waals surface area (Å²) in [5.74, 6) is 0. The van der Waals surface area contributed by atoms with Gasteiger partial charge in [-0.3, -0.25) is 0 Å². The molecule has 0 saturated carbocycles. The summed E-state index contributed by atoms with van der Waals surface area (Å²) in [6.07, 6.45) is 1.85. The molecule has 1 atom stereocenters. The van der Waals surface area contributed by atoms with Gasteiger partial charge >= 0.3 is 0 Å². The second kappa shape index (κ2) is 4.79. The first kappa shape index (κ1) is 10.7. The van der Waals surface area contributed by atoms with Gasteiger partial charge in [-0.05, 0) is 30.0 Å². The first-order valence-electron chi connectivity index (χ1n) is 4.68. The largest absolute Gasteiger partial charge is 0.324 e. The molecule has 2 heterocycles. The fourth-order valence-corrected chi connectivity index (χ4v) is 2.80. The molecule has 15 heavy (non-hydrogen) atoms. The fourth-order valence-electron chi connectivity index (χ4n) is 1.15. The first-order valence-corrected chi connectivity index (χ1v) is 6.38. The molecule has 0 aromatic carbocycles. The Balaban J connectivity index is 2.11. The van der Waals surface area contributed by atoms with E-state index in [1.807, 2.05) is 31.3 Å². The van der Waals surface area contributed by atoms with Crippen molar-refractivity contribution in [1.29, 1.82) is 0 Å². The van der Waals surface area contributed by atoms with Crippen LogP contribution in [-0.2, 0) is 0 Å². The number of hydrogen-bond donors (Lipinski definition) is 1. The third-order valence-electron chi connectivity index (χ3n) is 1.99. The van der Waals surface area contributed by atoms with Gasteiger partial charge in [0.25, 0.3) is 0 Å². The Morgan fingerprint density at radius 1 is 1.40 bits per heavy atom. The van der Waals surface area contributed by atoms with Crippen LogP contribution in [0.25, 0.3) is 0 Å². The molecule has 4 heteroatoms. The molecule has 78 valence electrons. The van der Waals surface area contributed by atoms with Crippen LogP contribution in [0.5, 0.6) is 0 Å². The van der Waals surface area contributed by atoms with Gasteiger partial charge in [-0.2, -0.15) is 0 Å². The maximum atomic E-state index is 5.76. The van der Waals surface area contributed by atoms with Crippen molar-refractivity contribution >= 4 is 23.1 Å². The average Bonchev–Trinajstić information content (AvgIpc) is 2.71. The molecule has 2 N–H and O–H groups in total. The van der Waals surface area contributed by atoms with Gasteiger partial charge in [0.2, 0.25) is 0 Å². The van der Waals surface area contributed by atoms with E-state index in [1.54, 1.807) is 23.1 Å². The smallest absolute Gasteiger partial charge is 0.101 e. The maximum Gasteiger partial charge on any atom is 0.101 e. The molecular formula is C11H12N2S2. The van der Waals surface area contributed by atoms with Crippen LogP contribution in [0.3, 0.4) is 0 Å². The van der Waals surface area contributed by atoms with E-state index in [-0.39, 0.29) is 6.04 Å². The Morgan fingerprint density at radius 3 is 2.80 bits per heavy atom. The highest BCUT2D eigenvalue weighted by Gasteiger charge is 2.02. The lowest BCUT2D eigenvalue weighted by atomic mass is 10.2. The van der Waals surface area contributed by atoms with Crippen LogP contribution in [0.1, 0.15) is 18.5 Å². The molecule has 0 amide bonds. The lowest BCUT2D eigenvalue weighted by Crippen LogP contribution is -2.04. The third kappa shape index (κ3) is 2.81. The van der Waals surface area contributed by atoms with Gasteiger partial charge in [-0.1, -0.05) is 23.9 Å². The predicted octanol–water partition coefficient (Wildman–Crippen LogP) is 3.31. The van der Waals surface area contributed by atoms with Crippen molar-refractivity contribution in [3.63, 3.8) is 0 Å². The van der Waals surface area contributed by atoms with Crippen LogP contribution in [0.2, 0.25) is 0 Å². The van der Waals surface area contributed by atoms with Crippen molar-refractivity contribution in [2.45, 2.75) is 22.2 Å². The number of aromatic nitrogens is 1. The predicted molar refractivity (Wildman–Crippen MR) is 65.3 cm³/mol. The van der Waals surface area contributed by atoms with Gasteiger partial charge in [0, 0.05) is 12.2 Å². The van der Waals surface area contributed by atoms with Gasteiger partial charge in [-0.15, -0.1) is 11.3 Å². The van der Waals surface area contributed by atoms with Crippen LogP contribution in [-0.4, -0.2) is 4.98 Å². The molecule has 2 rings (SSSR count). The van der Waals surface area contributed by atoms with Crippen LogP contribution >= 0.6 is 23.1 Å². The summed E-state index contributed by atoms with van der Waals surface area (Å²) >= 11 is 3.41. The molecule has 0 radical (unpaired) electrons. The van der Waals surface area contributed by atoms with Crippen LogP contribution < -0.4 is 5.73 Å². The molecule has 2 nitrogen and oxygen atoms in total. The van der Waals surface area contributed by atoms with Gasteiger partial charge in [0.05, 0.1) is 4.21 Å². The zero-order valence-corrected chi connectivity index (χ0v) is 10.0. The van der Waals surface area contributed by atoms with Crippen molar-refractivity contribution < 1.29 is 0 Å². The minimum atomic E-state index is 0.0540. The number of thiophene rings is 1. The summed E-state index contributed by atoms with van der Waals surface area (Å²) in [6.45, 7) is 1.96. The van der Waals surface area contributed by atoms with Gasteiger partial charge in [0.15, 0.2) is 0 Å². The molecule has 2 aromatic heterocycles. The number of hydrogen-bond acceptors (Lipinski definition) is 4. The van der Waals surface area contributed by atoms with Gasteiger partial charge < -0.3 is 5.73 Å². The van der Waals surface area contributed by atoms with E-state index >= 15 is 0 Å². The summed E-state index contributed by atoms with van der Waals surface area (Å²) in [7, 11) is 0. The number of nitrogens with zero attached hydrogens (tertiary/aromatic N) is 1. The Kier molecular flexibility index (Phi) is 3.41. The topological polar surface area (TPSA) is 38.9 Å². The highest BCUT2D eigenvalue weighted by Crippen LogP contribution is 2.29. The minimum absolute atomic E-state index is 0.0540. The molecule has 0 unspecified atom stereocenters.